The first kappa shape index (κ1) is 15.5. The Morgan fingerprint density at radius 1 is 1.14 bits per heavy atom. The molecule has 5 heteroatoms. The molecule has 0 aliphatic carbocycles. The Hall–Kier alpha value is -0.940. The summed E-state index contributed by atoms with van der Waals surface area (Å²) in [5, 5.41) is 0. The Balaban J connectivity index is 0. The van der Waals surface area contributed by atoms with E-state index >= 15 is 0 Å². The smallest absolute Gasteiger partial charge is 0.264 e. The van der Waals surface area contributed by atoms with Crippen molar-refractivity contribution in [1.29, 1.82) is 0 Å². The molecule has 0 saturated carbocycles. The van der Waals surface area contributed by atoms with Crippen molar-refractivity contribution in [1.82, 2.24) is 4.98 Å². The lowest BCUT2D eigenvalue weighted by molar-refractivity contribution is 0.484. The van der Waals surface area contributed by atoms with E-state index in [1.807, 2.05) is 32.0 Å². The molecule has 1 heterocycles. The van der Waals surface area contributed by atoms with Gasteiger partial charge in [-0.3, -0.25) is 9.54 Å². The quantitative estimate of drug-likeness (QED) is 0.733. The molecular weight excluding hydrogens is 202 g/mol. The fourth-order valence-electron chi connectivity index (χ4n) is 0.313. The van der Waals surface area contributed by atoms with Crippen LogP contribution in [0.4, 0.5) is 0 Å². The second-order valence-corrected chi connectivity index (χ2v) is 3.64. The first-order valence-electron chi connectivity index (χ1n) is 4.36. The van der Waals surface area contributed by atoms with Gasteiger partial charge in [0.2, 0.25) is 0 Å². The van der Waals surface area contributed by atoms with Gasteiger partial charge in [-0.15, -0.1) is 0 Å². The molecule has 0 aliphatic rings. The van der Waals surface area contributed by atoms with Crippen LogP contribution in [0.2, 0.25) is 0 Å². The third-order valence-electron chi connectivity index (χ3n) is 0.931. The van der Waals surface area contributed by atoms with Crippen LogP contribution in [0.5, 0.6) is 0 Å². The van der Waals surface area contributed by atoms with E-state index in [0.717, 1.165) is 0 Å². The number of aromatic nitrogens is 1. The van der Waals surface area contributed by atoms with Crippen LogP contribution in [-0.4, -0.2) is 23.7 Å². The Morgan fingerprint density at radius 3 is 1.57 bits per heavy atom. The van der Waals surface area contributed by atoms with Crippen LogP contribution in [0.15, 0.2) is 30.6 Å². The maximum Gasteiger partial charge on any atom is 0.264 e. The standard InChI is InChI=1S/C5H5N.C2H6O3S.C2H6/c1-2-4-6-5-3-1;1-2-6(3,4)5;1-2/h1-5H;2H2,1H3,(H,3,4,5);1-2H3. The van der Waals surface area contributed by atoms with Gasteiger partial charge >= 0.3 is 0 Å². The SMILES string of the molecule is CC.CCS(=O)(=O)O.c1ccncc1. The van der Waals surface area contributed by atoms with Gasteiger partial charge in [0.1, 0.15) is 0 Å². The molecule has 0 bridgehead atoms. The summed E-state index contributed by atoms with van der Waals surface area (Å²) in [5.74, 6) is -0.201. The molecule has 0 aliphatic heterocycles. The predicted octanol–water partition coefficient (Wildman–Crippen LogP) is 2.00. The maximum absolute atomic E-state index is 9.56. The van der Waals surface area contributed by atoms with Crippen molar-refractivity contribution in [3.63, 3.8) is 0 Å². The van der Waals surface area contributed by atoms with E-state index in [-0.39, 0.29) is 5.75 Å². The summed E-state index contributed by atoms with van der Waals surface area (Å²) in [6.45, 7) is 5.37. The van der Waals surface area contributed by atoms with Crippen LogP contribution in [0.3, 0.4) is 0 Å². The molecule has 0 saturated heterocycles. The minimum atomic E-state index is -3.66. The van der Waals surface area contributed by atoms with Crippen LogP contribution in [0.1, 0.15) is 20.8 Å². The summed E-state index contributed by atoms with van der Waals surface area (Å²) >= 11 is 0. The van der Waals surface area contributed by atoms with Gasteiger partial charge in [0.25, 0.3) is 10.1 Å². The zero-order chi connectivity index (χ0) is 11.4. The van der Waals surface area contributed by atoms with Gasteiger partial charge in [-0.1, -0.05) is 19.9 Å². The van der Waals surface area contributed by atoms with Crippen molar-refractivity contribution in [2.45, 2.75) is 20.8 Å². The highest BCUT2D eigenvalue weighted by Gasteiger charge is 1.93. The summed E-state index contributed by atoms with van der Waals surface area (Å²) in [5.41, 5.74) is 0. The number of nitrogens with zero attached hydrogens (tertiary/aromatic N) is 1. The van der Waals surface area contributed by atoms with Gasteiger partial charge in [0.15, 0.2) is 0 Å². The van der Waals surface area contributed by atoms with Crippen molar-refractivity contribution in [3.05, 3.63) is 30.6 Å². The van der Waals surface area contributed by atoms with Crippen molar-refractivity contribution in [3.8, 4) is 0 Å². The highest BCUT2D eigenvalue weighted by Crippen LogP contribution is 1.74. The van der Waals surface area contributed by atoms with Crippen LogP contribution in [0, 0.1) is 0 Å². The van der Waals surface area contributed by atoms with E-state index in [4.69, 9.17) is 4.55 Å². The van der Waals surface area contributed by atoms with E-state index in [0.29, 0.717) is 0 Å². The Morgan fingerprint density at radius 2 is 1.50 bits per heavy atom. The number of pyridine rings is 1. The molecule has 1 N–H and O–H groups in total. The van der Waals surface area contributed by atoms with E-state index in [2.05, 4.69) is 4.98 Å². The fraction of sp³-hybridized carbons (Fsp3) is 0.444. The first-order valence-corrected chi connectivity index (χ1v) is 5.97. The van der Waals surface area contributed by atoms with Crippen molar-refractivity contribution in [2.75, 3.05) is 5.75 Å². The molecule has 1 aromatic rings. The van der Waals surface area contributed by atoms with Gasteiger partial charge in [-0.2, -0.15) is 8.42 Å². The van der Waals surface area contributed by atoms with Crippen LogP contribution in [0.25, 0.3) is 0 Å². The molecule has 0 radical (unpaired) electrons. The Kier molecular flexibility index (Phi) is 11.3. The minimum absolute atomic E-state index is 0.201. The van der Waals surface area contributed by atoms with Crippen LogP contribution in [-0.2, 0) is 10.1 Å². The van der Waals surface area contributed by atoms with E-state index < -0.39 is 10.1 Å². The average molecular weight is 219 g/mol. The van der Waals surface area contributed by atoms with Crippen molar-refractivity contribution in [2.24, 2.45) is 0 Å². The molecule has 1 aromatic heterocycles. The van der Waals surface area contributed by atoms with Crippen molar-refractivity contribution >= 4 is 10.1 Å². The zero-order valence-electron chi connectivity index (χ0n) is 8.71. The molecular formula is C9H17NO3S. The summed E-state index contributed by atoms with van der Waals surface area (Å²) in [7, 11) is -3.66. The fourth-order valence-corrected chi connectivity index (χ4v) is 0.313. The van der Waals surface area contributed by atoms with Crippen molar-refractivity contribution < 1.29 is 13.0 Å². The third-order valence-corrected chi connectivity index (χ3v) is 1.66. The normalized spacial score (nSPS) is 8.86. The van der Waals surface area contributed by atoms with Crippen LogP contribution >= 0.6 is 0 Å². The van der Waals surface area contributed by atoms with Gasteiger partial charge in [-0.25, -0.2) is 0 Å². The molecule has 14 heavy (non-hydrogen) atoms. The first-order chi connectivity index (χ1) is 6.56. The summed E-state index contributed by atoms with van der Waals surface area (Å²) in [6.07, 6.45) is 3.50. The predicted molar refractivity (Wildman–Crippen MR) is 57.7 cm³/mol. The molecule has 0 amide bonds. The van der Waals surface area contributed by atoms with Gasteiger partial charge in [-0.05, 0) is 19.1 Å². The second-order valence-electron chi connectivity index (χ2n) is 1.90. The van der Waals surface area contributed by atoms with Gasteiger partial charge < -0.3 is 0 Å². The van der Waals surface area contributed by atoms with E-state index in [1.54, 1.807) is 12.4 Å². The molecule has 1 rings (SSSR count). The lowest BCUT2D eigenvalue weighted by Crippen LogP contribution is -1.97. The molecule has 0 fully saturated rings. The summed E-state index contributed by atoms with van der Waals surface area (Å²) < 4.78 is 26.9. The minimum Gasteiger partial charge on any atom is -0.286 e. The molecule has 82 valence electrons. The monoisotopic (exact) mass is 219 g/mol. The summed E-state index contributed by atoms with van der Waals surface area (Å²) in [4.78, 5) is 3.78. The van der Waals surface area contributed by atoms with E-state index in [9.17, 15) is 8.42 Å². The largest absolute Gasteiger partial charge is 0.286 e. The lowest BCUT2D eigenvalue weighted by Gasteiger charge is -1.79. The highest BCUT2D eigenvalue weighted by molar-refractivity contribution is 7.85. The number of rotatable bonds is 1. The number of hydrogen-bond donors (Lipinski definition) is 1. The molecule has 4 nitrogen and oxygen atoms in total. The number of hydrogen-bond acceptors (Lipinski definition) is 3. The Bertz CT molecular complexity index is 257. The van der Waals surface area contributed by atoms with E-state index in [1.165, 1.54) is 6.92 Å². The summed E-state index contributed by atoms with van der Waals surface area (Å²) in [6, 6.07) is 5.72. The third kappa shape index (κ3) is 17.2. The second kappa shape index (κ2) is 10.1. The molecule has 0 unspecified atom stereocenters. The maximum atomic E-state index is 9.56. The van der Waals surface area contributed by atoms with Gasteiger partial charge in [0, 0.05) is 12.4 Å². The molecule has 0 spiro atoms. The molecule has 0 aromatic carbocycles. The van der Waals surface area contributed by atoms with Crippen LogP contribution < -0.4 is 0 Å². The lowest BCUT2D eigenvalue weighted by atomic mass is 10.5. The molecule has 0 atom stereocenters. The topological polar surface area (TPSA) is 67.3 Å². The average Bonchev–Trinajstić information content (AvgIpc) is 2.23. The highest BCUT2D eigenvalue weighted by atomic mass is 32.2. The van der Waals surface area contributed by atoms with Gasteiger partial charge in [0.05, 0.1) is 5.75 Å². The zero-order valence-corrected chi connectivity index (χ0v) is 9.53. The Labute approximate surface area is 85.8 Å².